The van der Waals surface area contributed by atoms with Crippen molar-refractivity contribution < 1.29 is 14.3 Å². The van der Waals surface area contributed by atoms with Crippen LogP contribution in [0, 0.1) is 0 Å². The highest BCUT2D eigenvalue weighted by Crippen LogP contribution is 2.28. The predicted molar refractivity (Wildman–Crippen MR) is 125 cm³/mol. The third-order valence-electron chi connectivity index (χ3n) is 5.56. The molecule has 0 heterocycles. The van der Waals surface area contributed by atoms with Crippen molar-refractivity contribution in [2.24, 2.45) is 0 Å². The van der Waals surface area contributed by atoms with Crippen LogP contribution in [-0.4, -0.2) is 18.2 Å². The molecule has 0 amide bonds. The standard InChI is InChI=1S/C28H26O3/c1-2-3-4-7-18-31-22-15-12-20(13-16-22)10-11-21-14-17-25-26(19-21)28(30)24-9-6-5-8-23(24)27(25)29/h5-6,8-17,19H,2-4,7,18H2,1H3/b11-10+. The molecule has 1 aliphatic carbocycles. The summed E-state index contributed by atoms with van der Waals surface area (Å²) in [4.78, 5) is 25.6. The molecule has 0 spiro atoms. The number of ether oxygens (including phenoxy) is 1. The van der Waals surface area contributed by atoms with Crippen molar-refractivity contribution in [1.82, 2.24) is 0 Å². The highest BCUT2D eigenvalue weighted by atomic mass is 16.5. The molecule has 3 aromatic carbocycles. The van der Waals surface area contributed by atoms with Crippen LogP contribution in [0.1, 0.15) is 75.6 Å². The quantitative estimate of drug-likeness (QED) is 0.243. The van der Waals surface area contributed by atoms with Crippen molar-refractivity contribution in [3.63, 3.8) is 0 Å². The average Bonchev–Trinajstić information content (AvgIpc) is 2.82. The lowest BCUT2D eigenvalue weighted by Crippen LogP contribution is -2.20. The molecular weight excluding hydrogens is 384 g/mol. The topological polar surface area (TPSA) is 43.4 Å². The van der Waals surface area contributed by atoms with Crippen LogP contribution in [0.15, 0.2) is 66.7 Å². The molecule has 31 heavy (non-hydrogen) atoms. The van der Waals surface area contributed by atoms with E-state index in [0.29, 0.717) is 22.3 Å². The van der Waals surface area contributed by atoms with E-state index in [9.17, 15) is 9.59 Å². The number of ketones is 2. The summed E-state index contributed by atoms with van der Waals surface area (Å²) in [5, 5.41) is 0. The molecule has 3 aromatic rings. The van der Waals surface area contributed by atoms with E-state index in [1.165, 1.54) is 19.3 Å². The van der Waals surface area contributed by atoms with Crippen LogP contribution in [0.3, 0.4) is 0 Å². The van der Waals surface area contributed by atoms with E-state index in [0.717, 1.165) is 29.9 Å². The zero-order valence-electron chi connectivity index (χ0n) is 17.8. The first kappa shape index (κ1) is 20.8. The van der Waals surface area contributed by atoms with Gasteiger partial charge in [-0.25, -0.2) is 0 Å². The van der Waals surface area contributed by atoms with Gasteiger partial charge < -0.3 is 4.74 Å². The highest BCUT2D eigenvalue weighted by molar-refractivity contribution is 6.28. The molecule has 0 fully saturated rings. The lowest BCUT2D eigenvalue weighted by molar-refractivity contribution is 0.0979. The highest BCUT2D eigenvalue weighted by Gasteiger charge is 2.29. The number of hydrogen-bond acceptors (Lipinski definition) is 3. The summed E-state index contributed by atoms with van der Waals surface area (Å²) >= 11 is 0. The fourth-order valence-corrected chi connectivity index (χ4v) is 3.81. The molecule has 0 N–H and O–H groups in total. The monoisotopic (exact) mass is 410 g/mol. The zero-order chi connectivity index (χ0) is 21.6. The number of unbranched alkanes of at least 4 members (excludes halogenated alkanes) is 3. The van der Waals surface area contributed by atoms with E-state index in [4.69, 9.17) is 4.74 Å². The second-order valence-corrected chi connectivity index (χ2v) is 7.82. The molecule has 0 aliphatic heterocycles. The first-order valence-corrected chi connectivity index (χ1v) is 10.9. The Morgan fingerprint density at radius 2 is 1.29 bits per heavy atom. The number of carbonyl (C=O) groups excluding carboxylic acids is 2. The smallest absolute Gasteiger partial charge is 0.194 e. The second-order valence-electron chi connectivity index (χ2n) is 7.82. The molecule has 0 aromatic heterocycles. The summed E-state index contributed by atoms with van der Waals surface area (Å²) in [7, 11) is 0. The molecule has 0 saturated carbocycles. The summed E-state index contributed by atoms with van der Waals surface area (Å²) in [6.45, 7) is 2.95. The minimum Gasteiger partial charge on any atom is -0.494 e. The van der Waals surface area contributed by atoms with Gasteiger partial charge in [0.05, 0.1) is 6.61 Å². The Morgan fingerprint density at radius 1 is 0.677 bits per heavy atom. The molecule has 0 saturated heterocycles. The maximum absolute atomic E-state index is 12.9. The summed E-state index contributed by atoms with van der Waals surface area (Å²) in [5.41, 5.74) is 3.83. The number of benzene rings is 3. The van der Waals surface area contributed by atoms with E-state index in [1.807, 2.05) is 42.5 Å². The van der Waals surface area contributed by atoms with Crippen LogP contribution >= 0.6 is 0 Å². The lowest BCUT2D eigenvalue weighted by atomic mass is 9.83. The van der Waals surface area contributed by atoms with Gasteiger partial charge in [0.15, 0.2) is 11.6 Å². The van der Waals surface area contributed by atoms with Gasteiger partial charge in [0.1, 0.15) is 5.75 Å². The van der Waals surface area contributed by atoms with Crippen LogP contribution in [0.2, 0.25) is 0 Å². The van der Waals surface area contributed by atoms with Gasteiger partial charge in [-0.15, -0.1) is 0 Å². The zero-order valence-corrected chi connectivity index (χ0v) is 17.8. The lowest BCUT2D eigenvalue weighted by Gasteiger charge is -2.17. The van der Waals surface area contributed by atoms with Gasteiger partial charge in [-0.05, 0) is 41.8 Å². The molecule has 0 bridgehead atoms. The van der Waals surface area contributed by atoms with Crippen molar-refractivity contribution >= 4 is 23.7 Å². The van der Waals surface area contributed by atoms with Crippen LogP contribution in [-0.2, 0) is 0 Å². The first-order valence-electron chi connectivity index (χ1n) is 10.9. The SMILES string of the molecule is CCCCCCOc1ccc(/C=C/c2ccc3c(c2)C(=O)c2ccccc2C3=O)cc1. The molecule has 1 aliphatic rings. The van der Waals surface area contributed by atoms with Crippen molar-refractivity contribution in [1.29, 1.82) is 0 Å². The van der Waals surface area contributed by atoms with Crippen LogP contribution < -0.4 is 4.74 Å². The second kappa shape index (κ2) is 9.57. The van der Waals surface area contributed by atoms with Gasteiger partial charge >= 0.3 is 0 Å². The van der Waals surface area contributed by atoms with Crippen molar-refractivity contribution in [2.75, 3.05) is 6.61 Å². The van der Waals surface area contributed by atoms with Crippen molar-refractivity contribution in [2.45, 2.75) is 32.6 Å². The minimum atomic E-state index is -0.0964. The van der Waals surface area contributed by atoms with Crippen LogP contribution in [0.5, 0.6) is 5.75 Å². The molecule has 4 rings (SSSR count). The van der Waals surface area contributed by atoms with E-state index < -0.39 is 0 Å². The molecule has 156 valence electrons. The van der Waals surface area contributed by atoms with E-state index in [-0.39, 0.29) is 11.6 Å². The Kier molecular flexibility index (Phi) is 6.42. The van der Waals surface area contributed by atoms with Crippen LogP contribution in [0.4, 0.5) is 0 Å². The summed E-state index contributed by atoms with van der Waals surface area (Å²) in [6, 6.07) is 20.4. The number of hydrogen-bond donors (Lipinski definition) is 0. The number of carbonyl (C=O) groups is 2. The summed E-state index contributed by atoms with van der Waals surface area (Å²) in [6.07, 6.45) is 8.72. The summed E-state index contributed by atoms with van der Waals surface area (Å²) < 4.78 is 5.79. The fourth-order valence-electron chi connectivity index (χ4n) is 3.81. The minimum absolute atomic E-state index is 0.0917. The first-order chi connectivity index (χ1) is 15.2. The third-order valence-corrected chi connectivity index (χ3v) is 5.56. The molecular formula is C28H26O3. The Morgan fingerprint density at radius 3 is 2.00 bits per heavy atom. The maximum atomic E-state index is 12.9. The molecule has 0 atom stereocenters. The van der Waals surface area contributed by atoms with E-state index in [2.05, 4.69) is 6.92 Å². The maximum Gasteiger partial charge on any atom is 0.194 e. The molecule has 0 radical (unpaired) electrons. The van der Waals surface area contributed by atoms with Gasteiger partial charge in [-0.1, -0.05) is 80.8 Å². The van der Waals surface area contributed by atoms with Gasteiger partial charge in [0, 0.05) is 22.3 Å². The van der Waals surface area contributed by atoms with Crippen LogP contribution in [0.25, 0.3) is 12.2 Å². The Balaban J connectivity index is 1.44. The predicted octanol–water partition coefficient (Wildman–Crippen LogP) is 6.59. The summed E-state index contributed by atoms with van der Waals surface area (Å²) in [5.74, 6) is 0.692. The Bertz CT molecular complexity index is 1120. The number of fused-ring (bicyclic) bond motifs is 2. The van der Waals surface area contributed by atoms with Gasteiger partial charge in [-0.3, -0.25) is 9.59 Å². The number of rotatable bonds is 8. The van der Waals surface area contributed by atoms with Gasteiger partial charge in [0.2, 0.25) is 0 Å². The molecule has 0 unspecified atom stereocenters. The molecule has 3 heteroatoms. The van der Waals surface area contributed by atoms with Crippen molar-refractivity contribution in [3.05, 3.63) is 100 Å². The Labute approximate surface area is 183 Å². The third kappa shape index (κ3) is 4.66. The normalized spacial score (nSPS) is 12.7. The Hall–Kier alpha value is -3.46. The van der Waals surface area contributed by atoms with Gasteiger partial charge in [-0.2, -0.15) is 0 Å². The fraction of sp³-hybridized carbons (Fsp3) is 0.214. The van der Waals surface area contributed by atoms with E-state index in [1.54, 1.807) is 36.4 Å². The van der Waals surface area contributed by atoms with Crippen molar-refractivity contribution in [3.8, 4) is 5.75 Å². The largest absolute Gasteiger partial charge is 0.494 e. The van der Waals surface area contributed by atoms with Gasteiger partial charge in [0.25, 0.3) is 0 Å². The van der Waals surface area contributed by atoms with E-state index >= 15 is 0 Å². The molecule has 3 nitrogen and oxygen atoms in total. The average molecular weight is 411 g/mol.